The SMILES string of the molecule is O=C(NCCCCCc1nc2ccccc2n1Cc1cccc2ccccc12)C1CC1. The number of aromatic nitrogens is 2. The zero-order valence-electron chi connectivity index (χ0n) is 17.9. The molecule has 0 atom stereocenters. The molecule has 4 heteroatoms. The second kappa shape index (κ2) is 8.93. The molecule has 0 saturated heterocycles. The van der Waals surface area contributed by atoms with Crippen LogP contribution in [-0.4, -0.2) is 22.0 Å². The summed E-state index contributed by atoms with van der Waals surface area (Å²) in [5.74, 6) is 1.70. The molecule has 1 aromatic heterocycles. The number of nitrogens with zero attached hydrogens (tertiary/aromatic N) is 2. The zero-order chi connectivity index (χ0) is 21.0. The number of hydrogen-bond acceptors (Lipinski definition) is 2. The van der Waals surface area contributed by atoms with Crippen LogP contribution in [0.5, 0.6) is 0 Å². The van der Waals surface area contributed by atoms with Gasteiger partial charge in [0, 0.05) is 25.4 Å². The number of amides is 1. The van der Waals surface area contributed by atoms with E-state index >= 15 is 0 Å². The van der Waals surface area contributed by atoms with E-state index < -0.39 is 0 Å². The summed E-state index contributed by atoms with van der Waals surface area (Å²) < 4.78 is 2.38. The van der Waals surface area contributed by atoms with Gasteiger partial charge in [0.05, 0.1) is 11.0 Å². The molecule has 1 aliphatic carbocycles. The Labute approximate surface area is 183 Å². The van der Waals surface area contributed by atoms with E-state index in [-0.39, 0.29) is 5.91 Å². The van der Waals surface area contributed by atoms with Crippen LogP contribution in [0.1, 0.15) is 43.5 Å². The molecule has 0 radical (unpaired) electrons. The van der Waals surface area contributed by atoms with Crippen LogP contribution in [0.25, 0.3) is 21.8 Å². The van der Waals surface area contributed by atoms with Gasteiger partial charge in [0.15, 0.2) is 0 Å². The normalized spacial score (nSPS) is 13.7. The number of fused-ring (bicyclic) bond motifs is 2. The van der Waals surface area contributed by atoms with E-state index in [2.05, 4.69) is 76.6 Å². The number of unbranched alkanes of at least 4 members (excludes halogenated alkanes) is 2. The Morgan fingerprint density at radius 3 is 2.65 bits per heavy atom. The van der Waals surface area contributed by atoms with E-state index in [4.69, 9.17) is 4.98 Å². The molecule has 31 heavy (non-hydrogen) atoms. The first-order valence-corrected chi connectivity index (χ1v) is 11.5. The fraction of sp³-hybridized carbons (Fsp3) is 0.333. The molecule has 1 saturated carbocycles. The Balaban J connectivity index is 1.29. The molecule has 1 N–H and O–H groups in total. The van der Waals surface area contributed by atoms with Crippen molar-refractivity contribution in [2.24, 2.45) is 5.92 Å². The van der Waals surface area contributed by atoms with Crippen molar-refractivity contribution in [3.63, 3.8) is 0 Å². The summed E-state index contributed by atoms with van der Waals surface area (Å²) in [5.41, 5.74) is 3.59. The van der Waals surface area contributed by atoms with E-state index in [1.807, 2.05) is 0 Å². The van der Waals surface area contributed by atoms with Crippen molar-refractivity contribution in [2.75, 3.05) is 6.54 Å². The zero-order valence-corrected chi connectivity index (χ0v) is 17.9. The number of rotatable bonds is 9. The van der Waals surface area contributed by atoms with E-state index in [9.17, 15) is 4.79 Å². The molecule has 0 bridgehead atoms. The lowest BCUT2D eigenvalue weighted by Gasteiger charge is -2.12. The largest absolute Gasteiger partial charge is 0.356 e. The van der Waals surface area contributed by atoms with Crippen molar-refractivity contribution in [3.05, 3.63) is 78.1 Å². The van der Waals surface area contributed by atoms with Gasteiger partial charge in [-0.1, -0.05) is 61.0 Å². The molecule has 1 fully saturated rings. The van der Waals surface area contributed by atoms with Crippen LogP contribution in [-0.2, 0) is 17.8 Å². The smallest absolute Gasteiger partial charge is 0.223 e. The molecule has 1 aliphatic rings. The van der Waals surface area contributed by atoms with Gasteiger partial charge in [0.25, 0.3) is 0 Å². The number of nitrogens with one attached hydrogen (secondary N) is 1. The van der Waals surface area contributed by atoms with Crippen LogP contribution in [0.15, 0.2) is 66.7 Å². The van der Waals surface area contributed by atoms with Gasteiger partial charge in [-0.15, -0.1) is 0 Å². The van der Waals surface area contributed by atoms with Crippen LogP contribution in [0.4, 0.5) is 0 Å². The summed E-state index contributed by atoms with van der Waals surface area (Å²) in [5, 5.41) is 5.65. The summed E-state index contributed by atoms with van der Waals surface area (Å²) in [6.45, 7) is 1.62. The maximum Gasteiger partial charge on any atom is 0.223 e. The fourth-order valence-corrected chi connectivity index (χ4v) is 4.38. The Morgan fingerprint density at radius 1 is 0.935 bits per heavy atom. The first kappa shape index (κ1) is 19.8. The highest BCUT2D eigenvalue weighted by molar-refractivity contribution is 5.86. The van der Waals surface area contributed by atoms with Crippen LogP contribution in [0.3, 0.4) is 0 Å². The minimum absolute atomic E-state index is 0.247. The number of imidazole rings is 1. The van der Waals surface area contributed by atoms with Gasteiger partial charge in [-0.05, 0) is 54.2 Å². The van der Waals surface area contributed by atoms with Crippen molar-refractivity contribution >= 4 is 27.7 Å². The van der Waals surface area contributed by atoms with Crippen LogP contribution < -0.4 is 5.32 Å². The van der Waals surface area contributed by atoms with E-state index in [0.717, 1.165) is 63.0 Å². The first-order chi connectivity index (χ1) is 15.3. The highest BCUT2D eigenvalue weighted by Crippen LogP contribution is 2.28. The standard InChI is InChI=1S/C27H29N3O/c31-27(21-16-17-21)28-18-7-1-2-15-26-29-24-13-5-6-14-25(24)30(26)19-22-11-8-10-20-9-3-4-12-23(20)22/h3-6,8-14,21H,1-2,7,15-19H2,(H,28,31). The average Bonchev–Trinajstić information content (AvgIpc) is 3.60. The highest BCUT2D eigenvalue weighted by atomic mass is 16.2. The predicted molar refractivity (Wildman–Crippen MR) is 126 cm³/mol. The lowest BCUT2D eigenvalue weighted by Crippen LogP contribution is -2.25. The molecular formula is C27H29N3O. The van der Waals surface area contributed by atoms with Gasteiger partial charge >= 0.3 is 0 Å². The molecule has 0 aliphatic heterocycles. The lowest BCUT2D eigenvalue weighted by molar-refractivity contribution is -0.122. The molecule has 5 rings (SSSR count). The molecule has 4 aromatic rings. The third kappa shape index (κ3) is 4.48. The predicted octanol–water partition coefficient (Wildman–Crippen LogP) is 5.48. The third-order valence-corrected chi connectivity index (χ3v) is 6.27. The van der Waals surface area contributed by atoms with Gasteiger partial charge in [0.1, 0.15) is 5.82 Å². The van der Waals surface area contributed by atoms with Gasteiger partial charge in [-0.3, -0.25) is 4.79 Å². The second-order valence-electron chi connectivity index (χ2n) is 8.62. The topological polar surface area (TPSA) is 46.9 Å². The molecule has 1 amide bonds. The second-order valence-corrected chi connectivity index (χ2v) is 8.62. The Kier molecular flexibility index (Phi) is 5.70. The monoisotopic (exact) mass is 411 g/mol. The van der Waals surface area contributed by atoms with Crippen molar-refractivity contribution in [3.8, 4) is 0 Å². The van der Waals surface area contributed by atoms with E-state index in [1.165, 1.54) is 21.9 Å². The maximum absolute atomic E-state index is 11.7. The minimum atomic E-state index is 0.247. The summed E-state index contributed by atoms with van der Waals surface area (Å²) in [6, 6.07) is 23.6. The highest BCUT2D eigenvalue weighted by Gasteiger charge is 2.28. The molecule has 4 nitrogen and oxygen atoms in total. The summed E-state index contributed by atoms with van der Waals surface area (Å²) in [4.78, 5) is 16.7. The third-order valence-electron chi connectivity index (χ3n) is 6.27. The minimum Gasteiger partial charge on any atom is -0.356 e. The Morgan fingerprint density at radius 2 is 1.74 bits per heavy atom. The number of para-hydroxylation sites is 2. The van der Waals surface area contributed by atoms with Crippen LogP contribution in [0, 0.1) is 5.92 Å². The Hall–Kier alpha value is -3.14. The van der Waals surface area contributed by atoms with Crippen molar-refractivity contribution in [1.82, 2.24) is 14.9 Å². The van der Waals surface area contributed by atoms with Crippen molar-refractivity contribution in [2.45, 2.75) is 45.1 Å². The van der Waals surface area contributed by atoms with Crippen LogP contribution in [0.2, 0.25) is 0 Å². The number of hydrogen-bond donors (Lipinski definition) is 1. The lowest BCUT2D eigenvalue weighted by atomic mass is 10.0. The van der Waals surface area contributed by atoms with Gasteiger partial charge < -0.3 is 9.88 Å². The molecular weight excluding hydrogens is 382 g/mol. The first-order valence-electron chi connectivity index (χ1n) is 11.5. The molecule has 158 valence electrons. The quantitative estimate of drug-likeness (QED) is 0.371. The van der Waals surface area contributed by atoms with Crippen molar-refractivity contribution < 1.29 is 4.79 Å². The molecule has 1 heterocycles. The number of carbonyl (C=O) groups excluding carboxylic acids is 1. The fourth-order valence-electron chi connectivity index (χ4n) is 4.38. The van der Waals surface area contributed by atoms with E-state index in [1.54, 1.807) is 0 Å². The summed E-state index contributed by atoms with van der Waals surface area (Å²) in [6.07, 6.45) is 6.30. The van der Waals surface area contributed by atoms with Crippen molar-refractivity contribution in [1.29, 1.82) is 0 Å². The number of carbonyl (C=O) groups is 1. The maximum atomic E-state index is 11.7. The Bertz CT molecular complexity index is 1200. The molecule has 0 spiro atoms. The average molecular weight is 412 g/mol. The summed E-state index contributed by atoms with van der Waals surface area (Å²) >= 11 is 0. The van der Waals surface area contributed by atoms with Gasteiger partial charge in [0.2, 0.25) is 5.91 Å². The van der Waals surface area contributed by atoms with E-state index in [0.29, 0.717) is 5.92 Å². The number of benzene rings is 3. The molecule has 3 aromatic carbocycles. The molecule has 0 unspecified atom stereocenters. The summed E-state index contributed by atoms with van der Waals surface area (Å²) in [7, 11) is 0. The number of aryl methyl sites for hydroxylation is 1. The van der Waals surface area contributed by atoms with Crippen LogP contribution >= 0.6 is 0 Å². The van der Waals surface area contributed by atoms with Gasteiger partial charge in [-0.2, -0.15) is 0 Å². The van der Waals surface area contributed by atoms with Gasteiger partial charge in [-0.25, -0.2) is 4.98 Å².